The molecule has 1 N–H and O–H groups in total. The van der Waals surface area contributed by atoms with Crippen molar-refractivity contribution < 1.29 is 5.11 Å². The number of hydrogen-bond acceptors (Lipinski definition) is 1. The van der Waals surface area contributed by atoms with Gasteiger partial charge < -0.3 is 5.11 Å². The zero-order valence-corrected chi connectivity index (χ0v) is 10.9. The highest BCUT2D eigenvalue weighted by molar-refractivity contribution is 4.91. The van der Waals surface area contributed by atoms with E-state index in [9.17, 15) is 5.11 Å². The second-order valence-electron chi connectivity index (χ2n) is 5.59. The van der Waals surface area contributed by atoms with Gasteiger partial charge in [-0.25, -0.2) is 0 Å². The first-order valence-electron chi connectivity index (χ1n) is 6.76. The largest absolute Gasteiger partial charge is 0.390 e. The minimum absolute atomic E-state index is 0.426. The van der Waals surface area contributed by atoms with Crippen molar-refractivity contribution in [1.29, 1.82) is 0 Å². The molecule has 0 aromatic carbocycles. The predicted octanol–water partition coefficient (Wildman–Crippen LogP) is 4.00. The van der Waals surface area contributed by atoms with Crippen LogP contribution in [-0.4, -0.2) is 10.7 Å². The Kier molecular flexibility index (Phi) is 4.64. The third-order valence-electron chi connectivity index (χ3n) is 4.79. The lowest BCUT2D eigenvalue weighted by Gasteiger charge is -2.44. The van der Waals surface area contributed by atoms with Gasteiger partial charge in [-0.1, -0.05) is 52.9 Å². The first-order chi connectivity index (χ1) is 7.04. The Morgan fingerprint density at radius 2 is 1.87 bits per heavy atom. The quantitative estimate of drug-likeness (QED) is 0.747. The van der Waals surface area contributed by atoms with E-state index in [1.807, 2.05) is 0 Å². The molecule has 1 heteroatoms. The fourth-order valence-corrected chi connectivity index (χ4v) is 3.24. The molecule has 1 aliphatic carbocycles. The van der Waals surface area contributed by atoms with Gasteiger partial charge in [0.2, 0.25) is 0 Å². The zero-order valence-electron chi connectivity index (χ0n) is 10.9. The lowest BCUT2D eigenvalue weighted by atomic mass is 9.65. The number of aliphatic hydroxyl groups is 1. The average Bonchev–Trinajstić information content (AvgIpc) is 2.27. The lowest BCUT2D eigenvalue weighted by molar-refractivity contribution is -0.0831. The second kappa shape index (κ2) is 5.34. The normalized spacial score (nSPS) is 33.4. The van der Waals surface area contributed by atoms with Gasteiger partial charge in [-0.3, -0.25) is 0 Å². The van der Waals surface area contributed by atoms with Gasteiger partial charge in [0, 0.05) is 0 Å². The van der Waals surface area contributed by atoms with Crippen LogP contribution in [0.5, 0.6) is 0 Å². The van der Waals surface area contributed by atoms with Crippen molar-refractivity contribution in [2.45, 2.75) is 71.8 Å². The first kappa shape index (κ1) is 13.0. The SMILES string of the molecule is CC[C@@H]1CCCC[C@@H]1[C@@](C)(O)[C@H](C)CC. The van der Waals surface area contributed by atoms with Crippen molar-refractivity contribution in [2.24, 2.45) is 17.8 Å². The van der Waals surface area contributed by atoms with E-state index in [-0.39, 0.29) is 0 Å². The highest BCUT2D eigenvalue weighted by Crippen LogP contribution is 2.42. The van der Waals surface area contributed by atoms with E-state index in [4.69, 9.17) is 0 Å². The van der Waals surface area contributed by atoms with Crippen LogP contribution in [-0.2, 0) is 0 Å². The summed E-state index contributed by atoms with van der Waals surface area (Å²) in [5, 5.41) is 10.7. The summed E-state index contributed by atoms with van der Waals surface area (Å²) >= 11 is 0. The smallest absolute Gasteiger partial charge is 0.0675 e. The van der Waals surface area contributed by atoms with Gasteiger partial charge in [-0.15, -0.1) is 0 Å². The van der Waals surface area contributed by atoms with Gasteiger partial charge in [0.05, 0.1) is 5.60 Å². The molecule has 0 heterocycles. The summed E-state index contributed by atoms with van der Waals surface area (Å²) in [4.78, 5) is 0. The van der Waals surface area contributed by atoms with E-state index in [1.54, 1.807) is 0 Å². The molecule has 1 nitrogen and oxygen atoms in total. The topological polar surface area (TPSA) is 20.2 Å². The Hall–Kier alpha value is -0.0400. The van der Waals surface area contributed by atoms with E-state index < -0.39 is 5.60 Å². The minimum Gasteiger partial charge on any atom is -0.390 e. The van der Waals surface area contributed by atoms with Crippen LogP contribution in [0.3, 0.4) is 0 Å². The molecule has 0 aromatic heterocycles. The molecule has 0 aromatic rings. The van der Waals surface area contributed by atoms with Crippen molar-refractivity contribution in [1.82, 2.24) is 0 Å². The first-order valence-corrected chi connectivity index (χ1v) is 6.76. The molecule has 0 bridgehead atoms. The molecule has 0 saturated heterocycles. The predicted molar refractivity (Wildman–Crippen MR) is 65.8 cm³/mol. The Morgan fingerprint density at radius 3 is 2.40 bits per heavy atom. The van der Waals surface area contributed by atoms with Gasteiger partial charge in [0.25, 0.3) is 0 Å². The molecule has 1 fully saturated rings. The summed E-state index contributed by atoms with van der Waals surface area (Å²) in [6.07, 6.45) is 7.56. The molecule has 0 unspecified atom stereocenters. The molecule has 1 rings (SSSR count). The number of rotatable bonds is 4. The van der Waals surface area contributed by atoms with Crippen LogP contribution in [0, 0.1) is 17.8 Å². The van der Waals surface area contributed by atoms with E-state index in [0.29, 0.717) is 11.8 Å². The maximum atomic E-state index is 10.7. The molecule has 0 radical (unpaired) electrons. The lowest BCUT2D eigenvalue weighted by Crippen LogP contribution is -2.45. The molecule has 0 aliphatic heterocycles. The molecule has 15 heavy (non-hydrogen) atoms. The highest BCUT2D eigenvalue weighted by atomic mass is 16.3. The molecular weight excluding hydrogens is 184 g/mol. The van der Waals surface area contributed by atoms with Crippen LogP contribution in [0.15, 0.2) is 0 Å². The molecule has 90 valence electrons. The van der Waals surface area contributed by atoms with Crippen LogP contribution in [0.2, 0.25) is 0 Å². The van der Waals surface area contributed by atoms with Gasteiger partial charge in [-0.05, 0) is 31.1 Å². The van der Waals surface area contributed by atoms with E-state index in [1.165, 1.54) is 32.1 Å². The Balaban J connectivity index is 2.73. The third-order valence-corrected chi connectivity index (χ3v) is 4.79. The maximum Gasteiger partial charge on any atom is 0.0675 e. The molecule has 0 spiro atoms. The van der Waals surface area contributed by atoms with Crippen LogP contribution in [0.1, 0.15) is 66.2 Å². The molecule has 4 atom stereocenters. The Bertz CT molecular complexity index is 186. The summed E-state index contributed by atoms with van der Waals surface area (Å²) in [6.45, 7) is 8.72. The summed E-state index contributed by atoms with van der Waals surface area (Å²) in [5.74, 6) is 1.71. The summed E-state index contributed by atoms with van der Waals surface area (Å²) in [6, 6.07) is 0. The van der Waals surface area contributed by atoms with Crippen LogP contribution in [0.4, 0.5) is 0 Å². The summed E-state index contributed by atoms with van der Waals surface area (Å²) in [7, 11) is 0. The molecule has 0 amide bonds. The van der Waals surface area contributed by atoms with E-state index in [0.717, 1.165) is 12.3 Å². The van der Waals surface area contributed by atoms with Crippen molar-refractivity contribution >= 4 is 0 Å². The highest BCUT2D eigenvalue weighted by Gasteiger charge is 2.40. The molecule has 1 saturated carbocycles. The van der Waals surface area contributed by atoms with Crippen molar-refractivity contribution in [3.8, 4) is 0 Å². The number of hydrogen-bond donors (Lipinski definition) is 1. The van der Waals surface area contributed by atoms with Gasteiger partial charge in [-0.2, -0.15) is 0 Å². The molecule has 1 aliphatic rings. The monoisotopic (exact) mass is 212 g/mol. The van der Waals surface area contributed by atoms with Gasteiger partial charge in [0.15, 0.2) is 0 Å². The zero-order chi connectivity index (χ0) is 11.5. The third kappa shape index (κ3) is 2.75. The van der Waals surface area contributed by atoms with Gasteiger partial charge in [0.1, 0.15) is 0 Å². The van der Waals surface area contributed by atoms with E-state index in [2.05, 4.69) is 27.7 Å². The average molecular weight is 212 g/mol. The van der Waals surface area contributed by atoms with Crippen molar-refractivity contribution in [3.63, 3.8) is 0 Å². The van der Waals surface area contributed by atoms with Crippen molar-refractivity contribution in [2.75, 3.05) is 0 Å². The Labute approximate surface area is 95.3 Å². The van der Waals surface area contributed by atoms with Crippen LogP contribution < -0.4 is 0 Å². The minimum atomic E-state index is -0.449. The Morgan fingerprint density at radius 1 is 1.27 bits per heavy atom. The molecular formula is C14H28O. The summed E-state index contributed by atoms with van der Waals surface area (Å²) in [5.41, 5.74) is -0.449. The fraction of sp³-hybridized carbons (Fsp3) is 1.00. The standard InChI is InChI=1S/C14H28O/c1-5-11(3)14(4,15)13-10-8-7-9-12(13)6-2/h11-13,15H,5-10H2,1-4H3/t11-,12-,13+,14+/m1/s1. The van der Waals surface area contributed by atoms with Crippen LogP contribution in [0.25, 0.3) is 0 Å². The maximum absolute atomic E-state index is 10.7. The fourth-order valence-electron chi connectivity index (χ4n) is 3.24. The second-order valence-corrected chi connectivity index (χ2v) is 5.59. The van der Waals surface area contributed by atoms with Crippen LogP contribution >= 0.6 is 0 Å². The van der Waals surface area contributed by atoms with Crippen molar-refractivity contribution in [3.05, 3.63) is 0 Å². The summed E-state index contributed by atoms with van der Waals surface area (Å²) < 4.78 is 0. The van der Waals surface area contributed by atoms with E-state index >= 15 is 0 Å². The van der Waals surface area contributed by atoms with Gasteiger partial charge >= 0.3 is 0 Å².